The van der Waals surface area contributed by atoms with Gasteiger partial charge in [0.1, 0.15) is 5.82 Å². The number of rotatable bonds is 4. The fraction of sp³-hybridized carbons (Fsp3) is 0.667. The average Bonchev–Trinajstić information content (AvgIpc) is 2.98. The molecular formula is C24H35FN4O2. The number of benzene rings is 1. The van der Waals surface area contributed by atoms with Crippen LogP contribution >= 0.6 is 0 Å². The van der Waals surface area contributed by atoms with E-state index in [0.29, 0.717) is 19.1 Å². The maximum Gasteiger partial charge on any atom is 0.228 e. The molecule has 0 bridgehead atoms. The summed E-state index contributed by atoms with van der Waals surface area (Å²) in [4.78, 5) is 33.4. The molecule has 31 heavy (non-hydrogen) atoms. The van der Waals surface area contributed by atoms with Crippen molar-refractivity contribution in [2.24, 2.45) is 5.41 Å². The van der Waals surface area contributed by atoms with E-state index in [1.54, 1.807) is 6.92 Å². The number of piperazine rings is 1. The van der Waals surface area contributed by atoms with Crippen molar-refractivity contribution in [3.63, 3.8) is 0 Å². The van der Waals surface area contributed by atoms with E-state index in [-0.39, 0.29) is 29.1 Å². The number of carbonyl (C=O) groups is 2. The Labute approximate surface area is 185 Å². The zero-order valence-electron chi connectivity index (χ0n) is 19.0. The molecule has 3 aliphatic heterocycles. The summed E-state index contributed by atoms with van der Waals surface area (Å²) >= 11 is 0. The summed E-state index contributed by atoms with van der Waals surface area (Å²) in [5.41, 5.74) is 0.811. The van der Waals surface area contributed by atoms with Crippen molar-refractivity contribution in [1.82, 2.24) is 14.7 Å². The van der Waals surface area contributed by atoms with E-state index in [1.807, 2.05) is 29.0 Å². The molecule has 2 atom stereocenters. The predicted molar refractivity (Wildman–Crippen MR) is 119 cm³/mol. The van der Waals surface area contributed by atoms with Crippen LogP contribution in [-0.2, 0) is 9.59 Å². The zero-order valence-corrected chi connectivity index (χ0v) is 19.0. The molecule has 7 heteroatoms. The molecule has 1 aromatic carbocycles. The summed E-state index contributed by atoms with van der Waals surface area (Å²) in [5.74, 6) is 0.184. The molecule has 2 amide bonds. The summed E-state index contributed by atoms with van der Waals surface area (Å²) in [6.45, 7) is 9.07. The molecule has 0 radical (unpaired) electrons. The topological polar surface area (TPSA) is 47.1 Å². The van der Waals surface area contributed by atoms with Gasteiger partial charge < -0.3 is 14.7 Å². The third-order valence-electron chi connectivity index (χ3n) is 7.82. The SMILES string of the molecule is CC(=O)N1CCC2(CC1)C[C@H](CCN1CCN(c3ccc(F)cc3)C[C@H]1C)N(C)C2=O. The zero-order chi connectivity index (χ0) is 22.2. The van der Waals surface area contributed by atoms with E-state index < -0.39 is 0 Å². The van der Waals surface area contributed by atoms with Gasteiger partial charge in [0.15, 0.2) is 0 Å². The molecule has 0 N–H and O–H groups in total. The highest BCUT2D eigenvalue weighted by molar-refractivity contribution is 5.85. The van der Waals surface area contributed by atoms with Crippen molar-refractivity contribution in [3.05, 3.63) is 30.1 Å². The Morgan fingerprint density at radius 2 is 1.81 bits per heavy atom. The Hall–Kier alpha value is -2.15. The van der Waals surface area contributed by atoms with Gasteiger partial charge in [-0.1, -0.05) is 0 Å². The highest BCUT2D eigenvalue weighted by atomic mass is 19.1. The third kappa shape index (κ3) is 4.43. The van der Waals surface area contributed by atoms with Crippen LogP contribution in [0.15, 0.2) is 24.3 Å². The van der Waals surface area contributed by atoms with Crippen molar-refractivity contribution in [2.75, 3.05) is 51.2 Å². The summed E-state index contributed by atoms with van der Waals surface area (Å²) in [6.07, 6.45) is 3.48. The van der Waals surface area contributed by atoms with Gasteiger partial charge in [-0.2, -0.15) is 0 Å². The van der Waals surface area contributed by atoms with Gasteiger partial charge in [0.2, 0.25) is 11.8 Å². The van der Waals surface area contributed by atoms with Gasteiger partial charge in [0, 0.05) is 71.0 Å². The Morgan fingerprint density at radius 3 is 2.42 bits per heavy atom. The molecule has 0 saturated carbocycles. The number of halogens is 1. The van der Waals surface area contributed by atoms with Gasteiger partial charge in [0.05, 0.1) is 5.41 Å². The molecule has 3 aliphatic rings. The van der Waals surface area contributed by atoms with E-state index in [1.165, 1.54) is 12.1 Å². The minimum Gasteiger partial charge on any atom is -0.369 e. The maximum atomic E-state index is 13.2. The standard InChI is InChI=1S/C24H35FN4O2/c1-18-17-29(21-6-4-20(25)5-7-21)15-14-27(18)11-8-22-16-24(23(31)26(22)3)9-12-28(13-10-24)19(2)30/h4-7,18,22H,8-17H2,1-3H3/t18-,22+/m1/s1. The fourth-order valence-electron chi connectivity index (χ4n) is 5.71. The number of anilines is 1. The Kier molecular flexibility index (Phi) is 6.24. The van der Waals surface area contributed by atoms with Crippen LogP contribution in [0.2, 0.25) is 0 Å². The van der Waals surface area contributed by atoms with Gasteiger partial charge in [-0.05, 0) is 56.9 Å². The van der Waals surface area contributed by atoms with Crippen LogP contribution in [0, 0.1) is 11.2 Å². The minimum atomic E-state index is -0.266. The molecule has 3 heterocycles. The third-order valence-corrected chi connectivity index (χ3v) is 7.82. The van der Waals surface area contributed by atoms with Crippen LogP contribution in [0.1, 0.15) is 39.5 Å². The van der Waals surface area contributed by atoms with Crippen LogP contribution in [0.25, 0.3) is 0 Å². The molecule has 0 aromatic heterocycles. The molecule has 1 aromatic rings. The van der Waals surface area contributed by atoms with E-state index in [4.69, 9.17) is 0 Å². The van der Waals surface area contributed by atoms with Crippen LogP contribution in [0.4, 0.5) is 10.1 Å². The first-order valence-electron chi connectivity index (χ1n) is 11.6. The molecule has 6 nitrogen and oxygen atoms in total. The second-order valence-electron chi connectivity index (χ2n) is 9.66. The van der Waals surface area contributed by atoms with Gasteiger partial charge in [-0.15, -0.1) is 0 Å². The van der Waals surface area contributed by atoms with E-state index >= 15 is 0 Å². The highest BCUT2D eigenvalue weighted by Gasteiger charge is 2.51. The molecule has 170 valence electrons. The van der Waals surface area contributed by atoms with Gasteiger partial charge in [-0.3, -0.25) is 14.5 Å². The number of likely N-dealkylation sites (tertiary alicyclic amines) is 2. The molecule has 4 rings (SSSR count). The molecule has 3 saturated heterocycles. The lowest BCUT2D eigenvalue weighted by atomic mass is 9.75. The summed E-state index contributed by atoms with van der Waals surface area (Å²) in [5, 5.41) is 0. The summed E-state index contributed by atoms with van der Waals surface area (Å²) in [7, 11) is 1.95. The van der Waals surface area contributed by atoms with Gasteiger partial charge >= 0.3 is 0 Å². The highest BCUT2D eigenvalue weighted by Crippen LogP contribution is 2.44. The first-order valence-corrected chi connectivity index (χ1v) is 11.6. The lowest BCUT2D eigenvalue weighted by Gasteiger charge is -2.41. The Balaban J connectivity index is 1.30. The lowest BCUT2D eigenvalue weighted by Crippen LogP contribution is -2.52. The molecule has 3 fully saturated rings. The van der Waals surface area contributed by atoms with E-state index in [0.717, 1.165) is 57.5 Å². The first-order chi connectivity index (χ1) is 14.8. The minimum absolute atomic E-state index is 0.110. The largest absolute Gasteiger partial charge is 0.369 e. The number of carbonyl (C=O) groups excluding carboxylic acids is 2. The molecular weight excluding hydrogens is 395 g/mol. The Bertz CT molecular complexity index is 806. The number of piperidine rings is 1. The first kappa shape index (κ1) is 22.1. The van der Waals surface area contributed by atoms with Crippen molar-refractivity contribution in [2.45, 2.75) is 51.6 Å². The van der Waals surface area contributed by atoms with Crippen molar-refractivity contribution >= 4 is 17.5 Å². The summed E-state index contributed by atoms with van der Waals surface area (Å²) in [6, 6.07) is 7.45. The van der Waals surface area contributed by atoms with Crippen LogP contribution in [-0.4, -0.2) is 84.9 Å². The summed E-state index contributed by atoms with van der Waals surface area (Å²) < 4.78 is 13.2. The number of amides is 2. The second-order valence-corrected chi connectivity index (χ2v) is 9.66. The second kappa shape index (κ2) is 8.77. The van der Waals surface area contributed by atoms with Gasteiger partial charge in [0.25, 0.3) is 0 Å². The van der Waals surface area contributed by atoms with Crippen molar-refractivity contribution in [1.29, 1.82) is 0 Å². The molecule has 0 unspecified atom stereocenters. The normalized spacial score (nSPS) is 26.7. The molecule has 1 spiro atoms. The Morgan fingerprint density at radius 1 is 1.13 bits per heavy atom. The smallest absolute Gasteiger partial charge is 0.228 e. The monoisotopic (exact) mass is 430 g/mol. The van der Waals surface area contributed by atoms with E-state index in [2.05, 4.69) is 16.7 Å². The van der Waals surface area contributed by atoms with Gasteiger partial charge in [-0.25, -0.2) is 4.39 Å². The number of nitrogens with zero attached hydrogens (tertiary/aromatic N) is 4. The molecule has 0 aliphatic carbocycles. The average molecular weight is 431 g/mol. The lowest BCUT2D eigenvalue weighted by molar-refractivity contribution is -0.141. The van der Waals surface area contributed by atoms with E-state index in [9.17, 15) is 14.0 Å². The fourth-order valence-corrected chi connectivity index (χ4v) is 5.71. The number of hydrogen-bond acceptors (Lipinski definition) is 4. The van der Waals surface area contributed by atoms with Crippen molar-refractivity contribution < 1.29 is 14.0 Å². The van der Waals surface area contributed by atoms with Crippen LogP contribution < -0.4 is 4.90 Å². The number of hydrogen-bond donors (Lipinski definition) is 0. The van der Waals surface area contributed by atoms with Crippen molar-refractivity contribution in [3.8, 4) is 0 Å². The maximum absolute atomic E-state index is 13.2. The van der Waals surface area contributed by atoms with Crippen LogP contribution in [0.3, 0.4) is 0 Å². The predicted octanol–water partition coefficient (Wildman–Crippen LogP) is 2.59. The van der Waals surface area contributed by atoms with Crippen LogP contribution in [0.5, 0.6) is 0 Å². The quantitative estimate of drug-likeness (QED) is 0.737.